The monoisotopic (exact) mass is 432 g/mol. The van der Waals surface area contributed by atoms with Crippen molar-refractivity contribution in [1.29, 1.82) is 0 Å². The summed E-state index contributed by atoms with van der Waals surface area (Å²) in [7, 11) is 3.50. The van der Waals surface area contributed by atoms with Crippen LogP contribution in [-0.2, 0) is 13.1 Å². The lowest BCUT2D eigenvalue weighted by Crippen LogP contribution is -2.37. The van der Waals surface area contributed by atoms with Crippen LogP contribution in [0.15, 0.2) is 59.6 Å². The lowest BCUT2D eigenvalue weighted by atomic mass is 10.1. The predicted molar refractivity (Wildman–Crippen MR) is 129 cm³/mol. The van der Waals surface area contributed by atoms with Crippen LogP contribution in [0.4, 0.5) is 0 Å². The third-order valence-electron chi connectivity index (χ3n) is 5.25. The highest BCUT2D eigenvalue weighted by molar-refractivity contribution is 5.93. The van der Waals surface area contributed by atoms with Crippen LogP contribution < -0.4 is 10.6 Å². The maximum Gasteiger partial charge on any atom is 0.253 e. The highest BCUT2D eigenvalue weighted by atomic mass is 16.2. The molecule has 0 aliphatic rings. The van der Waals surface area contributed by atoms with Gasteiger partial charge in [0.05, 0.1) is 17.9 Å². The molecule has 3 rings (SSSR count). The van der Waals surface area contributed by atoms with Crippen molar-refractivity contribution in [2.75, 3.05) is 20.6 Å². The number of aliphatic imine (C=N–C) groups is 1. The molecule has 0 unspecified atom stereocenters. The average Bonchev–Trinajstić information content (AvgIpc) is 3.09. The first-order chi connectivity index (χ1) is 15.4. The number of hydrogen-bond donors (Lipinski definition) is 2. The summed E-state index contributed by atoms with van der Waals surface area (Å²) >= 11 is 0. The average molecular weight is 433 g/mol. The summed E-state index contributed by atoms with van der Waals surface area (Å²) in [5.74, 6) is 0.740. The van der Waals surface area contributed by atoms with Crippen LogP contribution in [-0.4, -0.2) is 47.2 Å². The Labute approximate surface area is 190 Å². The molecule has 0 spiro atoms. The maximum absolute atomic E-state index is 12.0. The minimum absolute atomic E-state index is 0.00292. The molecule has 32 heavy (non-hydrogen) atoms. The number of nitrogens with zero attached hydrogens (tertiary/aromatic N) is 4. The molecule has 0 fully saturated rings. The first kappa shape index (κ1) is 23.1. The number of carbonyl (C=O) groups is 1. The van der Waals surface area contributed by atoms with Gasteiger partial charge >= 0.3 is 0 Å². The second-order valence-corrected chi connectivity index (χ2v) is 7.84. The van der Waals surface area contributed by atoms with Crippen LogP contribution >= 0.6 is 0 Å². The van der Waals surface area contributed by atoms with E-state index in [-0.39, 0.29) is 5.91 Å². The zero-order valence-electron chi connectivity index (χ0n) is 19.5. The van der Waals surface area contributed by atoms with Gasteiger partial charge in [-0.3, -0.25) is 4.79 Å². The minimum atomic E-state index is -0.00292. The highest BCUT2D eigenvalue weighted by Gasteiger charge is 2.13. The van der Waals surface area contributed by atoms with Crippen LogP contribution in [0.1, 0.15) is 39.8 Å². The van der Waals surface area contributed by atoms with Crippen LogP contribution in [0.3, 0.4) is 0 Å². The standard InChI is InChI=1S/C25H32N6O/c1-6-26-25(27-16-20-12-14-21(15-13-20)24(32)30(4)5)28-17-23-18(2)29-31(19(23)3)22-10-8-7-9-11-22/h7-15H,6,16-17H2,1-5H3,(H2,26,27,28). The van der Waals surface area contributed by atoms with Crippen molar-refractivity contribution in [2.24, 2.45) is 4.99 Å². The number of benzene rings is 2. The fourth-order valence-electron chi connectivity index (χ4n) is 3.45. The zero-order chi connectivity index (χ0) is 23.1. The van der Waals surface area contributed by atoms with E-state index in [1.165, 1.54) is 0 Å². The fraction of sp³-hybridized carbons (Fsp3) is 0.320. The number of guanidine groups is 1. The smallest absolute Gasteiger partial charge is 0.253 e. The summed E-state index contributed by atoms with van der Waals surface area (Å²) in [6.07, 6.45) is 0. The lowest BCUT2D eigenvalue weighted by molar-refractivity contribution is 0.0827. The molecule has 0 aliphatic carbocycles. The molecule has 0 atom stereocenters. The molecule has 3 aromatic rings. The van der Waals surface area contributed by atoms with Gasteiger partial charge in [-0.05, 0) is 50.6 Å². The lowest BCUT2D eigenvalue weighted by Gasteiger charge is -2.12. The summed E-state index contributed by atoms with van der Waals surface area (Å²) < 4.78 is 1.98. The first-order valence-electron chi connectivity index (χ1n) is 10.8. The Hall–Kier alpha value is -3.61. The van der Waals surface area contributed by atoms with E-state index in [0.29, 0.717) is 18.7 Å². The van der Waals surface area contributed by atoms with Crippen LogP contribution in [0.25, 0.3) is 5.69 Å². The van der Waals surface area contributed by atoms with E-state index in [4.69, 9.17) is 10.1 Å². The van der Waals surface area contributed by atoms with Gasteiger partial charge in [0.1, 0.15) is 0 Å². The highest BCUT2D eigenvalue weighted by Crippen LogP contribution is 2.17. The van der Waals surface area contributed by atoms with Crippen LogP contribution in [0, 0.1) is 13.8 Å². The molecule has 0 radical (unpaired) electrons. The maximum atomic E-state index is 12.0. The van der Waals surface area contributed by atoms with Crippen molar-refractivity contribution in [2.45, 2.75) is 33.9 Å². The summed E-state index contributed by atoms with van der Waals surface area (Å²) in [5.41, 5.74) is 6.03. The fourth-order valence-corrected chi connectivity index (χ4v) is 3.45. The number of para-hydroxylation sites is 1. The van der Waals surface area contributed by atoms with Crippen molar-refractivity contribution < 1.29 is 4.79 Å². The molecule has 1 heterocycles. The third kappa shape index (κ3) is 5.55. The van der Waals surface area contributed by atoms with E-state index in [0.717, 1.165) is 40.7 Å². The van der Waals surface area contributed by atoms with Crippen LogP contribution in [0.5, 0.6) is 0 Å². The molecule has 2 aromatic carbocycles. The van der Waals surface area contributed by atoms with Gasteiger partial charge in [-0.1, -0.05) is 30.3 Å². The zero-order valence-corrected chi connectivity index (χ0v) is 19.5. The number of aromatic nitrogens is 2. The summed E-state index contributed by atoms with van der Waals surface area (Å²) in [5, 5.41) is 11.4. The van der Waals surface area contributed by atoms with Gasteiger partial charge in [0.2, 0.25) is 0 Å². The molecule has 0 aliphatic heterocycles. The van der Waals surface area contributed by atoms with E-state index in [9.17, 15) is 4.79 Å². The second-order valence-electron chi connectivity index (χ2n) is 7.84. The third-order valence-corrected chi connectivity index (χ3v) is 5.25. The minimum Gasteiger partial charge on any atom is -0.357 e. The van der Waals surface area contributed by atoms with Crippen molar-refractivity contribution in [3.05, 3.63) is 82.7 Å². The van der Waals surface area contributed by atoms with Crippen molar-refractivity contribution in [1.82, 2.24) is 25.3 Å². The molecule has 7 nitrogen and oxygen atoms in total. The summed E-state index contributed by atoms with van der Waals surface area (Å²) in [6.45, 7) is 8.08. The molecule has 0 saturated heterocycles. The Morgan fingerprint density at radius 3 is 2.34 bits per heavy atom. The van der Waals surface area contributed by atoms with Gasteiger partial charge in [0.25, 0.3) is 5.91 Å². The summed E-state index contributed by atoms with van der Waals surface area (Å²) in [6, 6.07) is 17.7. The molecule has 1 aromatic heterocycles. The Morgan fingerprint density at radius 1 is 1.03 bits per heavy atom. The molecule has 0 saturated carbocycles. The molecule has 2 N–H and O–H groups in total. The van der Waals surface area contributed by atoms with Gasteiger partial charge in [-0.2, -0.15) is 5.10 Å². The number of aryl methyl sites for hydroxylation is 1. The van der Waals surface area contributed by atoms with Gasteiger partial charge in [0, 0.05) is 44.0 Å². The van der Waals surface area contributed by atoms with E-state index in [2.05, 4.69) is 29.7 Å². The van der Waals surface area contributed by atoms with E-state index in [1.54, 1.807) is 19.0 Å². The van der Waals surface area contributed by atoms with Crippen molar-refractivity contribution >= 4 is 11.9 Å². The Balaban J connectivity index is 1.69. The number of hydrogen-bond acceptors (Lipinski definition) is 3. The van der Waals surface area contributed by atoms with E-state index < -0.39 is 0 Å². The van der Waals surface area contributed by atoms with Crippen molar-refractivity contribution in [3.63, 3.8) is 0 Å². The molecule has 1 amide bonds. The van der Waals surface area contributed by atoms with E-state index >= 15 is 0 Å². The predicted octanol–water partition coefficient (Wildman–Crippen LogP) is 3.45. The van der Waals surface area contributed by atoms with E-state index in [1.807, 2.05) is 61.0 Å². The van der Waals surface area contributed by atoms with Gasteiger partial charge in [-0.15, -0.1) is 0 Å². The Bertz CT molecular complexity index is 1070. The normalized spacial score (nSPS) is 11.3. The molecular weight excluding hydrogens is 400 g/mol. The largest absolute Gasteiger partial charge is 0.357 e. The molecular formula is C25H32N6O. The van der Waals surface area contributed by atoms with Crippen LogP contribution in [0.2, 0.25) is 0 Å². The number of amides is 1. The first-order valence-corrected chi connectivity index (χ1v) is 10.8. The quantitative estimate of drug-likeness (QED) is 0.443. The number of rotatable bonds is 7. The van der Waals surface area contributed by atoms with Crippen molar-refractivity contribution in [3.8, 4) is 5.69 Å². The number of nitrogens with one attached hydrogen (secondary N) is 2. The summed E-state index contributed by atoms with van der Waals surface area (Å²) in [4.78, 5) is 18.3. The Kier molecular flexibility index (Phi) is 7.65. The van der Waals surface area contributed by atoms with Gasteiger partial charge in [0.15, 0.2) is 5.96 Å². The molecule has 7 heteroatoms. The SMILES string of the molecule is CCNC(=NCc1ccc(C(=O)N(C)C)cc1)NCc1c(C)nn(-c2ccccc2)c1C. The van der Waals surface area contributed by atoms with Gasteiger partial charge in [-0.25, -0.2) is 9.67 Å². The number of carbonyl (C=O) groups excluding carboxylic acids is 1. The topological polar surface area (TPSA) is 74.6 Å². The second kappa shape index (κ2) is 10.6. The molecule has 0 bridgehead atoms. The molecule has 168 valence electrons. The Morgan fingerprint density at radius 2 is 1.72 bits per heavy atom. The van der Waals surface area contributed by atoms with Gasteiger partial charge < -0.3 is 15.5 Å².